The fourth-order valence-corrected chi connectivity index (χ4v) is 4.29. The first kappa shape index (κ1) is 17.2. The average Bonchev–Trinajstić information content (AvgIpc) is 3.19. The van der Waals surface area contributed by atoms with E-state index in [9.17, 15) is 0 Å². The van der Waals surface area contributed by atoms with E-state index in [0.29, 0.717) is 5.02 Å². The van der Waals surface area contributed by atoms with Crippen molar-refractivity contribution in [2.45, 2.75) is 0 Å². The molecule has 6 rings (SSSR count). The molecule has 4 heteroatoms. The third-order valence-corrected chi connectivity index (χ3v) is 5.72. The number of para-hydroxylation sites is 2. The van der Waals surface area contributed by atoms with Crippen molar-refractivity contribution in [1.82, 2.24) is 14.5 Å². The summed E-state index contributed by atoms with van der Waals surface area (Å²) < 4.78 is 2.29. The zero-order chi connectivity index (χ0) is 20.1. The van der Waals surface area contributed by atoms with Crippen LogP contribution in [0.2, 0.25) is 5.02 Å². The smallest absolute Gasteiger partial charge is 0.0738 e. The number of rotatable bonds is 2. The Kier molecular flexibility index (Phi) is 3.83. The molecule has 0 atom stereocenters. The summed E-state index contributed by atoms with van der Waals surface area (Å²) >= 11 is 6.23. The SMILES string of the molecule is Clc1ccc2c(c1)ncc1cc(-c3cnc4ccccc4c3)n(-c3ccccc3)c12. The molecule has 6 aromatic rings. The molecule has 142 valence electrons. The van der Waals surface area contributed by atoms with E-state index in [1.807, 2.05) is 48.8 Å². The highest BCUT2D eigenvalue weighted by Crippen LogP contribution is 2.36. The molecule has 0 aliphatic rings. The maximum absolute atomic E-state index is 6.23. The van der Waals surface area contributed by atoms with E-state index in [1.165, 1.54) is 0 Å². The van der Waals surface area contributed by atoms with Gasteiger partial charge in [0.15, 0.2) is 0 Å². The minimum atomic E-state index is 0.686. The third kappa shape index (κ3) is 2.67. The maximum atomic E-state index is 6.23. The Balaban J connectivity index is 1.74. The lowest BCUT2D eigenvalue weighted by atomic mass is 10.1. The van der Waals surface area contributed by atoms with Gasteiger partial charge >= 0.3 is 0 Å². The third-order valence-electron chi connectivity index (χ3n) is 5.49. The Morgan fingerprint density at radius 3 is 2.37 bits per heavy atom. The Morgan fingerprint density at radius 1 is 0.667 bits per heavy atom. The molecule has 0 unspecified atom stereocenters. The molecule has 0 radical (unpaired) electrons. The molecule has 0 amide bonds. The standard InChI is InChI=1S/C26H16ClN3/c27-20-10-11-22-24(14-20)29-16-19-13-25(30(26(19)22)21-7-2-1-3-8-21)18-12-17-6-4-5-9-23(17)28-15-18/h1-16H. The van der Waals surface area contributed by atoms with E-state index in [1.54, 1.807) is 0 Å². The molecular weight excluding hydrogens is 390 g/mol. The van der Waals surface area contributed by atoms with Crippen LogP contribution in [0.15, 0.2) is 97.3 Å². The lowest BCUT2D eigenvalue weighted by Gasteiger charge is -2.13. The van der Waals surface area contributed by atoms with Gasteiger partial charge in [-0.25, -0.2) is 0 Å². The lowest BCUT2D eigenvalue weighted by molar-refractivity contribution is 1.14. The van der Waals surface area contributed by atoms with Crippen LogP contribution in [0.3, 0.4) is 0 Å². The highest BCUT2D eigenvalue weighted by molar-refractivity contribution is 6.31. The number of benzene rings is 3. The first-order chi connectivity index (χ1) is 14.8. The first-order valence-corrected chi connectivity index (χ1v) is 10.2. The van der Waals surface area contributed by atoms with Crippen LogP contribution in [0.5, 0.6) is 0 Å². The molecular formula is C26H16ClN3. The van der Waals surface area contributed by atoms with Crippen LogP contribution in [0, 0.1) is 0 Å². The predicted molar refractivity (Wildman–Crippen MR) is 124 cm³/mol. The normalized spacial score (nSPS) is 11.5. The van der Waals surface area contributed by atoms with Gasteiger partial charge in [-0.2, -0.15) is 0 Å². The number of pyridine rings is 2. The van der Waals surface area contributed by atoms with Crippen molar-refractivity contribution in [1.29, 1.82) is 0 Å². The van der Waals surface area contributed by atoms with Crippen molar-refractivity contribution in [3.63, 3.8) is 0 Å². The summed E-state index contributed by atoms with van der Waals surface area (Å²) in [5.74, 6) is 0. The van der Waals surface area contributed by atoms with Crippen LogP contribution in [-0.4, -0.2) is 14.5 Å². The van der Waals surface area contributed by atoms with E-state index >= 15 is 0 Å². The second-order valence-electron chi connectivity index (χ2n) is 7.34. The van der Waals surface area contributed by atoms with Gasteiger partial charge in [-0.3, -0.25) is 9.97 Å². The Hall–Kier alpha value is -3.69. The number of nitrogens with zero attached hydrogens (tertiary/aromatic N) is 3. The molecule has 3 nitrogen and oxygen atoms in total. The van der Waals surface area contributed by atoms with E-state index in [2.05, 4.69) is 58.1 Å². The van der Waals surface area contributed by atoms with Crippen molar-refractivity contribution in [3.05, 3.63) is 102 Å². The second-order valence-corrected chi connectivity index (χ2v) is 7.78. The molecule has 30 heavy (non-hydrogen) atoms. The van der Waals surface area contributed by atoms with Gasteiger partial charge in [-0.1, -0.05) is 48.0 Å². The summed E-state index contributed by atoms with van der Waals surface area (Å²) in [7, 11) is 0. The predicted octanol–water partition coefficient (Wildman–Crippen LogP) is 7.05. The van der Waals surface area contributed by atoms with Gasteiger partial charge < -0.3 is 4.57 Å². The van der Waals surface area contributed by atoms with E-state index in [4.69, 9.17) is 16.6 Å². The summed E-state index contributed by atoms with van der Waals surface area (Å²) in [6.45, 7) is 0. The first-order valence-electron chi connectivity index (χ1n) is 9.78. The largest absolute Gasteiger partial charge is 0.308 e. The van der Waals surface area contributed by atoms with Crippen molar-refractivity contribution in [2.75, 3.05) is 0 Å². The quantitative estimate of drug-likeness (QED) is 0.309. The van der Waals surface area contributed by atoms with Gasteiger partial charge in [-0.15, -0.1) is 0 Å². The van der Waals surface area contributed by atoms with Gasteiger partial charge in [0.25, 0.3) is 0 Å². The molecule has 0 aliphatic carbocycles. The molecule has 0 fully saturated rings. The Bertz CT molecular complexity index is 1550. The fourth-order valence-electron chi connectivity index (χ4n) is 4.12. The number of halogens is 1. The molecule has 3 heterocycles. The van der Waals surface area contributed by atoms with Crippen LogP contribution in [0.1, 0.15) is 0 Å². The zero-order valence-corrected chi connectivity index (χ0v) is 16.7. The monoisotopic (exact) mass is 405 g/mol. The number of fused-ring (bicyclic) bond motifs is 4. The molecule has 0 bridgehead atoms. The van der Waals surface area contributed by atoms with E-state index in [-0.39, 0.29) is 0 Å². The highest BCUT2D eigenvalue weighted by atomic mass is 35.5. The average molecular weight is 406 g/mol. The van der Waals surface area contributed by atoms with Crippen molar-refractivity contribution < 1.29 is 0 Å². The van der Waals surface area contributed by atoms with Crippen LogP contribution in [0.25, 0.3) is 49.7 Å². The van der Waals surface area contributed by atoms with E-state index in [0.717, 1.165) is 49.7 Å². The molecule has 0 N–H and O–H groups in total. The Labute approximate surface area is 178 Å². The van der Waals surface area contributed by atoms with Gasteiger partial charge in [0, 0.05) is 44.8 Å². The summed E-state index contributed by atoms with van der Waals surface area (Å²) in [6.07, 6.45) is 3.87. The van der Waals surface area contributed by atoms with Crippen molar-refractivity contribution in [3.8, 4) is 16.9 Å². The maximum Gasteiger partial charge on any atom is 0.0738 e. The zero-order valence-electron chi connectivity index (χ0n) is 16.0. The van der Waals surface area contributed by atoms with Crippen LogP contribution in [-0.2, 0) is 0 Å². The molecule has 0 aliphatic heterocycles. The number of aromatic nitrogens is 3. The van der Waals surface area contributed by atoms with Crippen LogP contribution >= 0.6 is 11.6 Å². The molecule has 3 aromatic carbocycles. The van der Waals surface area contributed by atoms with Crippen molar-refractivity contribution >= 4 is 44.3 Å². The van der Waals surface area contributed by atoms with Crippen LogP contribution in [0.4, 0.5) is 0 Å². The summed E-state index contributed by atoms with van der Waals surface area (Å²) in [5, 5.41) is 3.96. The highest BCUT2D eigenvalue weighted by Gasteiger charge is 2.16. The summed E-state index contributed by atoms with van der Waals surface area (Å²) in [5.41, 5.74) is 6.23. The molecule has 0 spiro atoms. The summed E-state index contributed by atoms with van der Waals surface area (Å²) in [6, 6.07) is 28.9. The van der Waals surface area contributed by atoms with Gasteiger partial charge in [-0.05, 0) is 48.5 Å². The number of hydrogen-bond donors (Lipinski definition) is 0. The minimum Gasteiger partial charge on any atom is -0.308 e. The molecule has 0 saturated heterocycles. The van der Waals surface area contributed by atoms with E-state index < -0.39 is 0 Å². The lowest BCUT2D eigenvalue weighted by Crippen LogP contribution is -1.98. The topological polar surface area (TPSA) is 30.7 Å². The van der Waals surface area contributed by atoms with Crippen LogP contribution < -0.4 is 0 Å². The van der Waals surface area contributed by atoms with Crippen molar-refractivity contribution in [2.24, 2.45) is 0 Å². The Morgan fingerprint density at radius 2 is 1.47 bits per heavy atom. The molecule has 3 aromatic heterocycles. The summed E-state index contributed by atoms with van der Waals surface area (Å²) in [4.78, 5) is 9.34. The van der Waals surface area contributed by atoms with Gasteiger partial charge in [0.2, 0.25) is 0 Å². The van der Waals surface area contributed by atoms with Gasteiger partial charge in [0.05, 0.1) is 22.2 Å². The minimum absolute atomic E-state index is 0.686. The van der Waals surface area contributed by atoms with Gasteiger partial charge in [0.1, 0.15) is 0 Å². The second kappa shape index (κ2) is 6.68. The number of hydrogen-bond acceptors (Lipinski definition) is 2. The molecule has 0 saturated carbocycles. The fraction of sp³-hybridized carbons (Fsp3) is 0.